The van der Waals surface area contributed by atoms with E-state index in [0.29, 0.717) is 6.61 Å². The lowest BCUT2D eigenvalue weighted by molar-refractivity contribution is -0.319. The summed E-state index contributed by atoms with van der Waals surface area (Å²) in [5.41, 5.74) is 0. The van der Waals surface area contributed by atoms with Crippen LogP contribution in [-0.2, 0) is 38.1 Å². The highest BCUT2D eigenvalue weighted by Crippen LogP contribution is 2.34. The molecule has 0 saturated carbocycles. The summed E-state index contributed by atoms with van der Waals surface area (Å²) < 4.78 is 22.3. The van der Waals surface area contributed by atoms with Gasteiger partial charge in [-0.15, -0.1) is 0 Å². The molecule has 0 aromatic rings. The van der Waals surface area contributed by atoms with E-state index in [-0.39, 0.29) is 13.0 Å². The molecule has 2 aliphatic heterocycles. The molecule has 2 saturated heterocycles. The van der Waals surface area contributed by atoms with Crippen LogP contribution in [0.4, 0.5) is 0 Å². The maximum Gasteiger partial charge on any atom is 0.364 e. The van der Waals surface area contributed by atoms with Gasteiger partial charge in [-0.25, -0.2) is 4.79 Å². The SMILES string of the molecule is CCCOCCC1OC(COC2(C(=O)O)CC(O)C(NC(C)=O)C(C(O)C(O)CO)O2)C(O)C(=O)C1NC(C)=O. The molecule has 0 spiro atoms. The van der Waals surface area contributed by atoms with Gasteiger partial charge in [-0.2, -0.15) is 0 Å². The van der Waals surface area contributed by atoms with Crippen molar-refractivity contribution in [1.82, 2.24) is 10.6 Å². The first kappa shape index (κ1) is 33.9. The fourth-order valence-electron chi connectivity index (χ4n) is 4.62. The first-order valence-electron chi connectivity index (χ1n) is 13.0. The molecule has 10 atom stereocenters. The summed E-state index contributed by atoms with van der Waals surface area (Å²) in [5.74, 6) is -6.45. The number of hydrogen-bond acceptors (Lipinski definition) is 13. The van der Waals surface area contributed by atoms with Gasteiger partial charge in [0, 0.05) is 33.5 Å². The summed E-state index contributed by atoms with van der Waals surface area (Å²) >= 11 is 0. The fourth-order valence-corrected chi connectivity index (χ4v) is 4.62. The first-order valence-corrected chi connectivity index (χ1v) is 13.0. The highest BCUT2D eigenvalue weighted by atomic mass is 16.7. The Morgan fingerprint density at radius 3 is 2.30 bits per heavy atom. The number of aliphatic hydroxyl groups is 5. The van der Waals surface area contributed by atoms with Crippen molar-refractivity contribution in [3.8, 4) is 0 Å². The minimum atomic E-state index is -2.68. The Balaban J connectivity index is 2.28. The average Bonchev–Trinajstić information content (AvgIpc) is 2.89. The predicted octanol–water partition coefficient (Wildman–Crippen LogP) is -3.83. The van der Waals surface area contributed by atoms with Gasteiger partial charge in [0.1, 0.15) is 36.6 Å². The lowest BCUT2D eigenvalue weighted by Crippen LogP contribution is -2.68. The number of carboxylic acids is 1. The number of hydrogen-bond donors (Lipinski definition) is 8. The monoisotopic (exact) mass is 580 g/mol. The molecule has 0 bridgehead atoms. The van der Waals surface area contributed by atoms with Crippen LogP contribution in [0.1, 0.15) is 40.0 Å². The van der Waals surface area contributed by atoms with Crippen LogP contribution in [-0.4, -0.2) is 141 Å². The third-order valence-corrected chi connectivity index (χ3v) is 6.59. The molecule has 10 unspecified atom stereocenters. The highest BCUT2D eigenvalue weighted by Gasteiger charge is 2.56. The number of ether oxygens (including phenoxy) is 4. The lowest BCUT2D eigenvalue weighted by Gasteiger charge is -2.47. The molecule has 2 rings (SSSR count). The Morgan fingerprint density at radius 2 is 1.75 bits per heavy atom. The molecule has 230 valence electrons. The lowest BCUT2D eigenvalue weighted by atomic mass is 9.88. The van der Waals surface area contributed by atoms with Gasteiger partial charge in [-0.3, -0.25) is 14.4 Å². The minimum Gasteiger partial charge on any atom is -0.477 e. The van der Waals surface area contributed by atoms with Crippen LogP contribution in [0.2, 0.25) is 0 Å². The molecule has 0 aliphatic carbocycles. The summed E-state index contributed by atoms with van der Waals surface area (Å²) in [4.78, 5) is 48.6. The van der Waals surface area contributed by atoms with Crippen LogP contribution in [0.25, 0.3) is 0 Å². The number of aliphatic carboxylic acids is 1. The van der Waals surface area contributed by atoms with Crippen LogP contribution in [0.15, 0.2) is 0 Å². The van der Waals surface area contributed by atoms with E-state index in [0.717, 1.165) is 13.3 Å². The smallest absolute Gasteiger partial charge is 0.364 e. The van der Waals surface area contributed by atoms with Gasteiger partial charge in [0.2, 0.25) is 11.8 Å². The van der Waals surface area contributed by atoms with Crippen LogP contribution in [0.3, 0.4) is 0 Å². The summed E-state index contributed by atoms with van der Waals surface area (Å²) in [5, 5.41) is 65.8. The van der Waals surface area contributed by atoms with E-state index in [1.54, 1.807) is 0 Å². The quantitative estimate of drug-likeness (QED) is 0.0917. The molecule has 2 aliphatic rings. The van der Waals surface area contributed by atoms with Crippen LogP contribution >= 0.6 is 0 Å². The van der Waals surface area contributed by atoms with E-state index >= 15 is 0 Å². The number of carbonyl (C=O) groups excluding carboxylic acids is 3. The summed E-state index contributed by atoms with van der Waals surface area (Å²) in [6.07, 6.45) is -11.4. The summed E-state index contributed by atoms with van der Waals surface area (Å²) in [6, 6.07) is -2.60. The molecule has 8 N–H and O–H groups in total. The number of nitrogens with one attached hydrogen (secondary N) is 2. The Morgan fingerprint density at radius 1 is 1.10 bits per heavy atom. The van der Waals surface area contributed by atoms with Crippen molar-refractivity contribution in [2.24, 2.45) is 0 Å². The van der Waals surface area contributed by atoms with Crippen LogP contribution in [0.5, 0.6) is 0 Å². The van der Waals surface area contributed by atoms with E-state index in [2.05, 4.69) is 10.6 Å². The predicted molar refractivity (Wildman–Crippen MR) is 132 cm³/mol. The molecule has 2 heterocycles. The largest absolute Gasteiger partial charge is 0.477 e. The zero-order valence-electron chi connectivity index (χ0n) is 22.6. The normalized spacial score (nSPS) is 34.1. The van der Waals surface area contributed by atoms with Crippen molar-refractivity contribution < 1.29 is 68.8 Å². The standard InChI is InChI=1S/C24H40N2O14/c1-4-6-37-7-5-15-18(26-12(3)29)21(34)20(33)16(39-15)10-38-24(23(35)36)8-13(30)17(25-11(2)28)22(40-24)19(32)14(31)9-27/h13-20,22,27,30-33H,4-10H2,1-3H3,(H,25,28)(H,26,29)(H,35,36). The number of amides is 2. The third kappa shape index (κ3) is 8.37. The molecule has 40 heavy (non-hydrogen) atoms. The molecular weight excluding hydrogens is 540 g/mol. The van der Waals surface area contributed by atoms with Crippen molar-refractivity contribution in [3.05, 3.63) is 0 Å². The molecule has 2 fully saturated rings. The zero-order valence-corrected chi connectivity index (χ0v) is 22.6. The third-order valence-electron chi connectivity index (χ3n) is 6.59. The van der Waals surface area contributed by atoms with E-state index in [9.17, 15) is 49.8 Å². The zero-order chi connectivity index (χ0) is 30.2. The number of aliphatic hydroxyl groups excluding tert-OH is 5. The van der Waals surface area contributed by atoms with Gasteiger partial charge in [-0.1, -0.05) is 6.92 Å². The van der Waals surface area contributed by atoms with Crippen molar-refractivity contribution >= 4 is 23.6 Å². The van der Waals surface area contributed by atoms with E-state index in [1.165, 1.54) is 6.92 Å². The molecule has 0 radical (unpaired) electrons. The Labute approximate surface area is 230 Å². The fraction of sp³-hybridized carbons (Fsp3) is 0.833. The molecule has 0 aromatic carbocycles. The minimum absolute atomic E-state index is 0.144. The van der Waals surface area contributed by atoms with E-state index in [1.807, 2.05) is 6.92 Å². The second-order valence-corrected chi connectivity index (χ2v) is 9.83. The Hall–Kier alpha value is -2.28. The number of carbonyl (C=O) groups is 4. The number of ketones is 1. The van der Waals surface area contributed by atoms with Crippen molar-refractivity contribution in [2.75, 3.05) is 26.4 Å². The van der Waals surface area contributed by atoms with E-state index < -0.39 is 104 Å². The highest BCUT2D eigenvalue weighted by molar-refractivity contribution is 5.93. The van der Waals surface area contributed by atoms with Gasteiger partial charge in [0.05, 0.1) is 31.5 Å². The Bertz CT molecular complexity index is 890. The number of Topliss-reactive ketones (excluding diaryl/α,β-unsaturated/α-hetero) is 1. The van der Waals surface area contributed by atoms with Crippen LogP contribution < -0.4 is 10.6 Å². The van der Waals surface area contributed by atoms with Gasteiger partial charge in [0.25, 0.3) is 5.79 Å². The second-order valence-electron chi connectivity index (χ2n) is 9.83. The van der Waals surface area contributed by atoms with Crippen molar-refractivity contribution in [1.29, 1.82) is 0 Å². The van der Waals surface area contributed by atoms with Crippen molar-refractivity contribution in [3.63, 3.8) is 0 Å². The Kier molecular flexibility index (Phi) is 12.8. The molecule has 0 aromatic heterocycles. The van der Waals surface area contributed by atoms with Crippen LogP contribution in [0, 0.1) is 0 Å². The van der Waals surface area contributed by atoms with Gasteiger partial charge < -0.3 is 60.2 Å². The average molecular weight is 581 g/mol. The van der Waals surface area contributed by atoms with Gasteiger partial charge in [0.15, 0.2) is 5.78 Å². The van der Waals surface area contributed by atoms with Gasteiger partial charge >= 0.3 is 5.97 Å². The number of rotatable bonds is 14. The molecule has 16 nitrogen and oxygen atoms in total. The van der Waals surface area contributed by atoms with E-state index in [4.69, 9.17) is 18.9 Å². The summed E-state index contributed by atoms with van der Waals surface area (Å²) in [6.45, 7) is 3.10. The first-order chi connectivity index (χ1) is 18.8. The second kappa shape index (κ2) is 15.1. The maximum absolute atomic E-state index is 12.9. The molecule has 2 amide bonds. The summed E-state index contributed by atoms with van der Waals surface area (Å²) in [7, 11) is 0. The molecule has 16 heteroatoms. The number of carboxylic acid groups (broad SMARTS) is 1. The van der Waals surface area contributed by atoms with Crippen molar-refractivity contribution in [2.45, 2.75) is 101 Å². The molecular formula is C24H40N2O14. The maximum atomic E-state index is 12.9. The topological polar surface area (TPSA) is 251 Å². The van der Waals surface area contributed by atoms with Gasteiger partial charge in [-0.05, 0) is 12.8 Å².